The molecule has 6 heteroatoms. The maximum absolute atomic E-state index is 12.3. The summed E-state index contributed by atoms with van der Waals surface area (Å²) in [7, 11) is 0. The molecule has 3 rings (SSSR count). The smallest absolute Gasteiger partial charge is 0.231 e. The lowest BCUT2D eigenvalue weighted by atomic mass is 10.1. The van der Waals surface area contributed by atoms with Gasteiger partial charge in [-0.05, 0) is 25.5 Å². The number of nitrogens with one attached hydrogen (secondary N) is 1. The van der Waals surface area contributed by atoms with Crippen molar-refractivity contribution in [1.82, 2.24) is 4.98 Å². The van der Waals surface area contributed by atoms with Crippen LogP contribution in [0.4, 0.5) is 10.8 Å². The fourth-order valence-corrected chi connectivity index (χ4v) is 3.25. The quantitative estimate of drug-likeness (QED) is 0.947. The van der Waals surface area contributed by atoms with Crippen molar-refractivity contribution >= 4 is 34.0 Å². The Kier molecular flexibility index (Phi) is 3.94. The van der Waals surface area contributed by atoms with Crippen molar-refractivity contribution in [2.45, 2.75) is 20.3 Å². The van der Waals surface area contributed by atoms with Crippen LogP contribution in [0.2, 0.25) is 0 Å². The standard InChI is InChI=1S/C16H17N3O2S/c1-10-3-4-13(11(2)7-10)19-9-12(8-14(19)20)15(21)18-16-17-5-6-22-16/h3-7,12H,8-9H2,1-2H3,(H,17,18,21). The van der Waals surface area contributed by atoms with Crippen LogP contribution in [-0.2, 0) is 9.59 Å². The number of benzene rings is 1. The molecule has 1 N–H and O–H groups in total. The van der Waals surface area contributed by atoms with Crippen LogP contribution in [0.1, 0.15) is 17.5 Å². The number of rotatable bonds is 3. The maximum Gasteiger partial charge on any atom is 0.231 e. The van der Waals surface area contributed by atoms with E-state index in [1.807, 2.05) is 32.0 Å². The van der Waals surface area contributed by atoms with E-state index < -0.39 is 0 Å². The molecule has 1 aliphatic rings. The summed E-state index contributed by atoms with van der Waals surface area (Å²) >= 11 is 1.37. The minimum absolute atomic E-state index is 0.00811. The third kappa shape index (κ3) is 2.87. The molecule has 2 aromatic rings. The second-order valence-corrected chi connectivity index (χ2v) is 6.42. The number of aryl methyl sites for hydroxylation is 2. The number of amides is 2. The van der Waals surface area contributed by atoms with Gasteiger partial charge in [0.1, 0.15) is 0 Å². The van der Waals surface area contributed by atoms with Crippen LogP contribution in [0, 0.1) is 19.8 Å². The Bertz CT molecular complexity index is 712. The monoisotopic (exact) mass is 315 g/mol. The van der Waals surface area contributed by atoms with Gasteiger partial charge in [-0.1, -0.05) is 17.7 Å². The van der Waals surface area contributed by atoms with Gasteiger partial charge in [-0.25, -0.2) is 4.98 Å². The Labute approximate surface area is 133 Å². The summed E-state index contributed by atoms with van der Waals surface area (Å²) < 4.78 is 0. The fraction of sp³-hybridized carbons (Fsp3) is 0.312. The van der Waals surface area contributed by atoms with E-state index in [1.54, 1.807) is 16.5 Å². The van der Waals surface area contributed by atoms with Crippen LogP contribution in [0.3, 0.4) is 0 Å². The number of carbonyl (C=O) groups is 2. The van der Waals surface area contributed by atoms with E-state index in [9.17, 15) is 9.59 Å². The van der Waals surface area contributed by atoms with Crippen LogP contribution in [0.25, 0.3) is 0 Å². The molecule has 22 heavy (non-hydrogen) atoms. The number of thiazole rings is 1. The van der Waals surface area contributed by atoms with Gasteiger partial charge in [0.25, 0.3) is 0 Å². The molecule has 5 nitrogen and oxygen atoms in total. The van der Waals surface area contributed by atoms with Crippen molar-refractivity contribution in [2.75, 3.05) is 16.8 Å². The lowest BCUT2D eigenvalue weighted by molar-refractivity contribution is -0.122. The third-order valence-corrected chi connectivity index (χ3v) is 4.49. The van der Waals surface area contributed by atoms with E-state index in [4.69, 9.17) is 0 Å². The molecule has 2 amide bonds. The predicted molar refractivity (Wildman–Crippen MR) is 87.1 cm³/mol. The first kappa shape index (κ1) is 14.7. The lowest BCUT2D eigenvalue weighted by Crippen LogP contribution is -2.28. The molecule has 0 spiro atoms. The average Bonchev–Trinajstić information content (AvgIpc) is 3.09. The lowest BCUT2D eigenvalue weighted by Gasteiger charge is -2.19. The molecule has 1 atom stereocenters. The van der Waals surface area contributed by atoms with Gasteiger partial charge in [-0.15, -0.1) is 11.3 Å². The van der Waals surface area contributed by atoms with Gasteiger partial charge in [0.05, 0.1) is 5.92 Å². The van der Waals surface area contributed by atoms with E-state index in [1.165, 1.54) is 11.3 Å². The molecule has 1 aliphatic heterocycles. The number of hydrogen-bond donors (Lipinski definition) is 1. The van der Waals surface area contributed by atoms with E-state index in [2.05, 4.69) is 10.3 Å². The topological polar surface area (TPSA) is 62.3 Å². The minimum atomic E-state index is -0.336. The average molecular weight is 315 g/mol. The summed E-state index contributed by atoms with van der Waals surface area (Å²) in [5, 5.41) is 5.14. The Morgan fingerprint density at radius 2 is 2.23 bits per heavy atom. The Balaban J connectivity index is 1.74. The predicted octanol–water partition coefficient (Wildman–Crippen LogP) is 2.75. The number of aromatic nitrogens is 1. The number of anilines is 2. The first-order valence-corrected chi connectivity index (χ1v) is 8.00. The van der Waals surface area contributed by atoms with Crippen LogP contribution in [0.15, 0.2) is 29.8 Å². The zero-order chi connectivity index (χ0) is 15.7. The molecule has 1 aromatic carbocycles. The fourth-order valence-electron chi connectivity index (χ4n) is 2.72. The van der Waals surface area contributed by atoms with Crippen molar-refractivity contribution in [3.63, 3.8) is 0 Å². The van der Waals surface area contributed by atoms with E-state index >= 15 is 0 Å². The van der Waals surface area contributed by atoms with Gasteiger partial charge in [-0.3, -0.25) is 9.59 Å². The minimum Gasteiger partial charge on any atom is -0.311 e. The van der Waals surface area contributed by atoms with Gasteiger partial charge in [0.2, 0.25) is 11.8 Å². The largest absolute Gasteiger partial charge is 0.311 e. The molecule has 0 saturated carbocycles. The molecular weight excluding hydrogens is 298 g/mol. The summed E-state index contributed by atoms with van der Waals surface area (Å²) in [6, 6.07) is 5.98. The zero-order valence-electron chi connectivity index (χ0n) is 12.5. The van der Waals surface area contributed by atoms with E-state index in [0.29, 0.717) is 11.7 Å². The highest BCUT2D eigenvalue weighted by Gasteiger charge is 2.35. The molecule has 1 unspecified atom stereocenters. The molecule has 114 valence electrons. The Hall–Kier alpha value is -2.21. The first-order chi connectivity index (χ1) is 10.5. The van der Waals surface area contributed by atoms with Crippen molar-refractivity contribution < 1.29 is 9.59 Å². The zero-order valence-corrected chi connectivity index (χ0v) is 13.3. The van der Waals surface area contributed by atoms with Crippen molar-refractivity contribution in [1.29, 1.82) is 0 Å². The summed E-state index contributed by atoms with van der Waals surface area (Å²) in [5.41, 5.74) is 3.10. The third-order valence-electron chi connectivity index (χ3n) is 3.80. The molecule has 0 radical (unpaired) electrons. The first-order valence-electron chi connectivity index (χ1n) is 7.12. The van der Waals surface area contributed by atoms with E-state index in [-0.39, 0.29) is 24.2 Å². The van der Waals surface area contributed by atoms with Gasteiger partial charge >= 0.3 is 0 Å². The van der Waals surface area contributed by atoms with Crippen molar-refractivity contribution in [3.05, 3.63) is 40.9 Å². The highest BCUT2D eigenvalue weighted by Crippen LogP contribution is 2.29. The van der Waals surface area contributed by atoms with Crippen LogP contribution < -0.4 is 10.2 Å². The summed E-state index contributed by atoms with van der Waals surface area (Å²) in [5.74, 6) is -0.487. The molecule has 0 aliphatic carbocycles. The summed E-state index contributed by atoms with van der Waals surface area (Å²) in [4.78, 5) is 30.3. The van der Waals surface area contributed by atoms with Gasteiger partial charge < -0.3 is 10.2 Å². The molecule has 1 saturated heterocycles. The van der Waals surface area contributed by atoms with Gasteiger partial charge in [0, 0.05) is 30.2 Å². The molecule has 0 bridgehead atoms. The highest BCUT2D eigenvalue weighted by molar-refractivity contribution is 7.13. The van der Waals surface area contributed by atoms with Crippen molar-refractivity contribution in [2.24, 2.45) is 5.92 Å². The van der Waals surface area contributed by atoms with Gasteiger partial charge in [-0.2, -0.15) is 0 Å². The van der Waals surface area contributed by atoms with Crippen LogP contribution in [-0.4, -0.2) is 23.3 Å². The SMILES string of the molecule is Cc1ccc(N2CC(C(=O)Nc3nccs3)CC2=O)c(C)c1. The second kappa shape index (κ2) is 5.88. The van der Waals surface area contributed by atoms with Crippen LogP contribution >= 0.6 is 11.3 Å². The van der Waals surface area contributed by atoms with E-state index in [0.717, 1.165) is 16.8 Å². The molecule has 1 aromatic heterocycles. The number of nitrogens with zero attached hydrogens (tertiary/aromatic N) is 2. The van der Waals surface area contributed by atoms with Crippen LogP contribution in [0.5, 0.6) is 0 Å². The molecule has 1 fully saturated rings. The molecule has 2 heterocycles. The maximum atomic E-state index is 12.3. The van der Waals surface area contributed by atoms with Gasteiger partial charge in [0.15, 0.2) is 5.13 Å². The normalized spacial score (nSPS) is 17.8. The number of hydrogen-bond acceptors (Lipinski definition) is 4. The Morgan fingerprint density at radius 3 is 2.91 bits per heavy atom. The highest BCUT2D eigenvalue weighted by atomic mass is 32.1. The summed E-state index contributed by atoms with van der Waals surface area (Å²) in [6.07, 6.45) is 1.88. The Morgan fingerprint density at radius 1 is 1.41 bits per heavy atom. The van der Waals surface area contributed by atoms with Crippen molar-refractivity contribution in [3.8, 4) is 0 Å². The second-order valence-electron chi connectivity index (χ2n) is 5.52. The molecular formula is C16H17N3O2S. The number of carbonyl (C=O) groups excluding carboxylic acids is 2. The summed E-state index contributed by atoms with van der Waals surface area (Å²) in [6.45, 7) is 4.42.